The molecular weight excluding hydrogens is 246 g/mol. The molecule has 0 amide bonds. The summed E-state index contributed by atoms with van der Waals surface area (Å²) in [5.41, 5.74) is 0. The Morgan fingerprint density at radius 1 is 1.69 bits per heavy atom. The molecule has 90 valence electrons. The van der Waals surface area contributed by atoms with Crippen LogP contribution in [0.25, 0.3) is 0 Å². The standard InChI is InChI=1S/C9H15N3O2S2/c1-16(13,14)11-7-8-3-2-5-12(8)9-10-4-6-15-9/h4,6,8,11H,2-3,5,7H2,1H3. The zero-order valence-electron chi connectivity index (χ0n) is 9.09. The fraction of sp³-hybridized carbons (Fsp3) is 0.667. The number of anilines is 1. The van der Waals surface area contributed by atoms with E-state index in [4.69, 9.17) is 0 Å². The molecular formula is C9H15N3O2S2. The molecule has 0 radical (unpaired) electrons. The van der Waals surface area contributed by atoms with Crippen LogP contribution < -0.4 is 9.62 Å². The minimum atomic E-state index is -3.10. The highest BCUT2D eigenvalue weighted by atomic mass is 32.2. The van der Waals surface area contributed by atoms with Gasteiger partial charge < -0.3 is 4.90 Å². The molecule has 1 unspecified atom stereocenters. The van der Waals surface area contributed by atoms with Gasteiger partial charge in [0.2, 0.25) is 10.0 Å². The van der Waals surface area contributed by atoms with Crippen LogP contribution in [0.5, 0.6) is 0 Å². The molecule has 16 heavy (non-hydrogen) atoms. The highest BCUT2D eigenvalue weighted by molar-refractivity contribution is 7.88. The van der Waals surface area contributed by atoms with E-state index in [0.29, 0.717) is 6.54 Å². The van der Waals surface area contributed by atoms with Crippen molar-refractivity contribution in [3.8, 4) is 0 Å². The Balaban J connectivity index is 1.99. The molecule has 1 aromatic heterocycles. The predicted molar refractivity (Wildman–Crippen MR) is 65.3 cm³/mol. The van der Waals surface area contributed by atoms with Gasteiger partial charge in [-0.05, 0) is 12.8 Å². The van der Waals surface area contributed by atoms with Gasteiger partial charge in [-0.3, -0.25) is 0 Å². The van der Waals surface area contributed by atoms with Crippen LogP contribution in [-0.4, -0.2) is 38.8 Å². The third-order valence-electron chi connectivity index (χ3n) is 2.62. The minimum absolute atomic E-state index is 0.237. The van der Waals surface area contributed by atoms with E-state index in [9.17, 15) is 8.42 Å². The molecule has 2 rings (SSSR count). The minimum Gasteiger partial charge on any atom is -0.344 e. The van der Waals surface area contributed by atoms with Crippen molar-refractivity contribution < 1.29 is 8.42 Å². The summed E-state index contributed by atoms with van der Waals surface area (Å²) < 4.78 is 24.6. The molecule has 7 heteroatoms. The maximum absolute atomic E-state index is 11.0. The van der Waals surface area contributed by atoms with E-state index in [-0.39, 0.29) is 6.04 Å². The topological polar surface area (TPSA) is 62.3 Å². The molecule has 1 fully saturated rings. The summed E-state index contributed by atoms with van der Waals surface area (Å²) in [4.78, 5) is 6.44. The van der Waals surface area contributed by atoms with E-state index in [1.807, 2.05) is 5.38 Å². The van der Waals surface area contributed by atoms with Gasteiger partial charge in [-0.1, -0.05) is 0 Å². The number of sulfonamides is 1. The van der Waals surface area contributed by atoms with E-state index < -0.39 is 10.0 Å². The molecule has 1 aliphatic rings. The number of aromatic nitrogens is 1. The summed E-state index contributed by atoms with van der Waals surface area (Å²) in [5.74, 6) is 0. The Morgan fingerprint density at radius 3 is 3.12 bits per heavy atom. The van der Waals surface area contributed by atoms with E-state index in [0.717, 1.165) is 24.5 Å². The van der Waals surface area contributed by atoms with Crippen molar-refractivity contribution >= 4 is 26.5 Å². The molecule has 5 nitrogen and oxygen atoms in total. The Morgan fingerprint density at radius 2 is 2.50 bits per heavy atom. The van der Waals surface area contributed by atoms with Crippen molar-refractivity contribution in [3.63, 3.8) is 0 Å². The molecule has 0 bridgehead atoms. The number of nitrogens with zero attached hydrogens (tertiary/aromatic N) is 2. The van der Waals surface area contributed by atoms with Gasteiger partial charge >= 0.3 is 0 Å². The second-order valence-electron chi connectivity index (χ2n) is 3.92. The van der Waals surface area contributed by atoms with Crippen LogP contribution in [0.2, 0.25) is 0 Å². The van der Waals surface area contributed by atoms with Crippen LogP contribution in [0.4, 0.5) is 5.13 Å². The number of nitrogens with one attached hydrogen (secondary N) is 1. The van der Waals surface area contributed by atoms with Gasteiger partial charge in [0.15, 0.2) is 5.13 Å². The molecule has 0 spiro atoms. The first-order valence-electron chi connectivity index (χ1n) is 5.17. The molecule has 1 aliphatic heterocycles. The van der Waals surface area contributed by atoms with Crippen LogP contribution in [0, 0.1) is 0 Å². The summed E-state index contributed by atoms with van der Waals surface area (Å²) in [5, 5.41) is 2.92. The number of hydrogen-bond donors (Lipinski definition) is 1. The molecule has 0 saturated carbocycles. The second kappa shape index (κ2) is 4.68. The average molecular weight is 261 g/mol. The third-order valence-corrected chi connectivity index (χ3v) is 4.12. The molecule has 0 aromatic carbocycles. The number of rotatable bonds is 4. The molecule has 1 aromatic rings. The Hall–Kier alpha value is -0.660. The quantitative estimate of drug-likeness (QED) is 0.865. The Labute approximate surface area is 99.5 Å². The van der Waals surface area contributed by atoms with Crippen LogP contribution >= 0.6 is 11.3 Å². The summed E-state index contributed by atoms with van der Waals surface area (Å²) in [6.45, 7) is 1.43. The lowest BCUT2D eigenvalue weighted by molar-refractivity contribution is 0.572. The molecule has 1 atom stereocenters. The van der Waals surface area contributed by atoms with Gasteiger partial charge in [-0.15, -0.1) is 11.3 Å². The smallest absolute Gasteiger partial charge is 0.208 e. The maximum Gasteiger partial charge on any atom is 0.208 e. The molecule has 1 saturated heterocycles. The molecule has 0 aliphatic carbocycles. The summed E-state index contributed by atoms with van der Waals surface area (Å²) in [6, 6.07) is 0.237. The Kier molecular flexibility index (Phi) is 3.46. The number of hydrogen-bond acceptors (Lipinski definition) is 5. The normalized spacial score (nSPS) is 21.6. The third kappa shape index (κ3) is 2.93. The highest BCUT2D eigenvalue weighted by Crippen LogP contribution is 2.26. The van der Waals surface area contributed by atoms with Crippen LogP contribution in [0.1, 0.15) is 12.8 Å². The Bertz CT molecular complexity index is 430. The highest BCUT2D eigenvalue weighted by Gasteiger charge is 2.26. The van der Waals surface area contributed by atoms with Gasteiger partial charge in [0.25, 0.3) is 0 Å². The lowest BCUT2D eigenvalue weighted by Crippen LogP contribution is -2.39. The summed E-state index contributed by atoms with van der Waals surface area (Å²) in [7, 11) is -3.10. The van der Waals surface area contributed by atoms with Gasteiger partial charge in [-0.2, -0.15) is 0 Å². The van der Waals surface area contributed by atoms with Gasteiger partial charge in [0.1, 0.15) is 0 Å². The molecule has 1 N–H and O–H groups in total. The number of thiazole rings is 1. The fourth-order valence-corrected chi connectivity index (χ4v) is 3.14. The first-order valence-corrected chi connectivity index (χ1v) is 7.94. The zero-order chi connectivity index (χ0) is 11.6. The second-order valence-corrected chi connectivity index (χ2v) is 6.63. The van der Waals surface area contributed by atoms with Crippen molar-refractivity contribution in [2.24, 2.45) is 0 Å². The van der Waals surface area contributed by atoms with Gasteiger partial charge in [0.05, 0.1) is 6.26 Å². The maximum atomic E-state index is 11.0. The van der Waals surface area contributed by atoms with Crippen LogP contribution in [-0.2, 0) is 10.0 Å². The van der Waals surface area contributed by atoms with E-state index in [1.54, 1.807) is 17.5 Å². The average Bonchev–Trinajstić information content (AvgIpc) is 2.84. The van der Waals surface area contributed by atoms with Crippen LogP contribution in [0.3, 0.4) is 0 Å². The van der Waals surface area contributed by atoms with E-state index in [2.05, 4.69) is 14.6 Å². The molecule has 2 heterocycles. The van der Waals surface area contributed by atoms with Crippen molar-refractivity contribution in [2.45, 2.75) is 18.9 Å². The van der Waals surface area contributed by atoms with E-state index >= 15 is 0 Å². The zero-order valence-corrected chi connectivity index (χ0v) is 10.7. The van der Waals surface area contributed by atoms with E-state index in [1.165, 1.54) is 6.26 Å². The summed E-state index contributed by atoms with van der Waals surface area (Å²) >= 11 is 1.59. The van der Waals surface area contributed by atoms with Gasteiger partial charge in [0, 0.05) is 30.7 Å². The predicted octanol–water partition coefficient (Wildman–Crippen LogP) is 0.661. The van der Waals surface area contributed by atoms with Crippen LogP contribution in [0.15, 0.2) is 11.6 Å². The van der Waals surface area contributed by atoms with Crippen molar-refractivity contribution in [1.82, 2.24) is 9.71 Å². The lowest BCUT2D eigenvalue weighted by atomic mass is 10.2. The lowest BCUT2D eigenvalue weighted by Gasteiger charge is -2.23. The van der Waals surface area contributed by atoms with Gasteiger partial charge in [-0.25, -0.2) is 18.1 Å². The monoisotopic (exact) mass is 261 g/mol. The van der Waals surface area contributed by atoms with Crippen molar-refractivity contribution in [2.75, 3.05) is 24.2 Å². The first kappa shape index (κ1) is 11.8. The first-order chi connectivity index (χ1) is 7.56. The van der Waals surface area contributed by atoms with Crippen molar-refractivity contribution in [1.29, 1.82) is 0 Å². The summed E-state index contributed by atoms with van der Waals surface area (Å²) in [6.07, 6.45) is 5.08. The van der Waals surface area contributed by atoms with Crippen molar-refractivity contribution in [3.05, 3.63) is 11.6 Å². The SMILES string of the molecule is CS(=O)(=O)NCC1CCCN1c1nccs1. The fourth-order valence-electron chi connectivity index (χ4n) is 1.91. The largest absolute Gasteiger partial charge is 0.344 e.